The number of nitrogens with two attached hydrogens (primary N) is 1. The highest BCUT2D eigenvalue weighted by atomic mass is 16.5. The van der Waals surface area contributed by atoms with E-state index in [-0.39, 0.29) is 5.91 Å². The molecule has 19 heavy (non-hydrogen) atoms. The van der Waals surface area contributed by atoms with Gasteiger partial charge in [-0.25, -0.2) is 4.98 Å². The first-order valence-corrected chi connectivity index (χ1v) is 5.76. The lowest BCUT2D eigenvalue weighted by atomic mass is 10.1. The van der Waals surface area contributed by atoms with E-state index in [0.717, 1.165) is 0 Å². The maximum atomic E-state index is 12.5. The van der Waals surface area contributed by atoms with Gasteiger partial charge in [0.05, 0.1) is 7.11 Å². The molecule has 0 saturated carbocycles. The SMILES string of the molecule is COc1cccc(N)c1C(=O)N(C)c1ccccn1. The summed E-state index contributed by atoms with van der Waals surface area (Å²) in [7, 11) is 3.16. The summed E-state index contributed by atoms with van der Waals surface area (Å²) in [5, 5.41) is 0. The Hall–Kier alpha value is -2.56. The van der Waals surface area contributed by atoms with Crippen LogP contribution >= 0.6 is 0 Å². The van der Waals surface area contributed by atoms with Crippen molar-refractivity contribution in [1.82, 2.24) is 4.98 Å². The van der Waals surface area contributed by atoms with Crippen molar-refractivity contribution in [1.29, 1.82) is 0 Å². The quantitative estimate of drug-likeness (QED) is 0.853. The number of hydrogen-bond acceptors (Lipinski definition) is 4. The molecular weight excluding hydrogens is 242 g/mol. The molecule has 0 spiro atoms. The molecule has 1 aromatic heterocycles. The van der Waals surface area contributed by atoms with Crippen LogP contribution in [0.3, 0.4) is 0 Å². The monoisotopic (exact) mass is 257 g/mol. The average molecular weight is 257 g/mol. The minimum absolute atomic E-state index is 0.256. The second-order valence-electron chi connectivity index (χ2n) is 3.98. The third kappa shape index (κ3) is 2.49. The lowest BCUT2D eigenvalue weighted by molar-refractivity contribution is 0.0990. The number of hydrogen-bond donors (Lipinski definition) is 1. The van der Waals surface area contributed by atoms with E-state index in [4.69, 9.17) is 10.5 Å². The number of methoxy groups -OCH3 is 1. The Morgan fingerprint density at radius 1 is 1.26 bits per heavy atom. The van der Waals surface area contributed by atoms with Crippen molar-refractivity contribution in [3.63, 3.8) is 0 Å². The maximum absolute atomic E-state index is 12.5. The fourth-order valence-corrected chi connectivity index (χ4v) is 1.77. The van der Waals surface area contributed by atoms with E-state index in [1.54, 1.807) is 43.6 Å². The molecule has 0 unspecified atom stereocenters. The van der Waals surface area contributed by atoms with Crippen LogP contribution in [0.15, 0.2) is 42.6 Å². The third-order valence-electron chi connectivity index (χ3n) is 2.79. The summed E-state index contributed by atoms with van der Waals surface area (Å²) in [4.78, 5) is 18.0. The van der Waals surface area contributed by atoms with Gasteiger partial charge in [-0.1, -0.05) is 12.1 Å². The minimum atomic E-state index is -0.256. The zero-order chi connectivity index (χ0) is 13.8. The minimum Gasteiger partial charge on any atom is -0.496 e. The maximum Gasteiger partial charge on any atom is 0.265 e. The molecule has 0 bridgehead atoms. The third-order valence-corrected chi connectivity index (χ3v) is 2.79. The Bertz CT molecular complexity index is 584. The van der Waals surface area contributed by atoms with E-state index < -0.39 is 0 Å². The number of nitrogen functional groups attached to an aromatic ring is 1. The second kappa shape index (κ2) is 5.39. The van der Waals surface area contributed by atoms with Gasteiger partial charge in [0, 0.05) is 18.9 Å². The first kappa shape index (κ1) is 12.9. The molecule has 0 radical (unpaired) electrons. The molecule has 5 nitrogen and oxygen atoms in total. The van der Waals surface area contributed by atoms with Gasteiger partial charge in [-0.15, -0.1) is 0 Å². The highest BCUT2D eigenvalue weighted by molar-refractivity contribution is 6.10. The van der Waals surface area contributed by atoms with Gasteiger partial charge in [0.15, 0.2) is 0 Å². The number of pyridine rings is 1. The number of nitrogens with zero attached hydrogens (tertiary/aromatic N) is 2. The normalized spacial score (nSPS) is 10.0. The van der Waals surface area contributed by atoms with Gasteiger partial charge < -0.3 is 10.5 Å². The van der Waals surface area contributed by atoms with Crippen LogP contribution in [0.1, 0.15) is 10.4 Å². The Morgan fingerprint density at radius 3 is 2.68 bits per heavy atom. The van der Waals surface area contributed by atoms with E-state index in [9.17, 15) is 4.79 Å². The van der Waals surface area contributed by atoms with Crippen LogP contribution < -0.4 is 15.4 Å². The van der Waals surface area contributed by atoms with E-state index in [2.05, 4.69) is 4.98 Å². The molecular formula is C14H15N3O2. The number of carbonyl (C=O) groups excluding carboxylic acids is 1. The van der Waals surface area contributed by atoms with Crippen molar-refractivity contribution in [3.8, 4) is 5.75 Å². The molecule has 2 N–H and O–H groups in total. The summed E-state index contributed by atoms with van der Waals surface area (Å²) < 4.78 is 5.19. The topological polar surface area (TPSA) is 68.5 Å². The molecule has 0 saturated heterocycles. The second-order valence-corrected chi connectivity index (χ2v) is 3.98. The zero-order valence-corrected chi connectivity index (χ0v) is 10.8. The highest BCUT2D eigenvalue weighted by Crippen LogP contribution is 2.26. The fraction of sp³-hybridized carbons (Fsp3) is 0.143. The smallest absolute Gasteiger partial charge is 0.265 e. The summed E-state index contributed by atoms with van der Waals surface area (Å²) in [5.41, 5.74) is 6.59. The number of benzene rings is 1. The van der Waals surface area contributed by atoms with E-state index in [1.165, 1.54) is 12.0 Å². The Kier molecular flexibility index (Phi) is 3.66. The zero-order valence-electron chi connectivity index (χ0n) is 10.8. The summed E-state index contributed by atoms with van der Waals surface area (Å²) in [5.74, 6) is 0.749. The van der Waals surface area contributed by atoms with Gasteiger partial charge in [-0.2, -0.15) is 0 Å². The van der Waals surface area contributed by atoms with Crippen molar-refractivity contribution in [2.45, 2.75) is 0 Å². The van der Waals surface area contributed by atoms with Crippen LogP contribution in [-0.4, -0.2) is 25.0 Å². The summed E-state index contributed by atoms with van der Waals surface area (Å²) >= 11 is 0. The molecule has 0 aliphatic rings. The van der Waals surface area contributed by atoms with Crippen molar-refractivity contribution in [2.24, 2.45) is 0 Å². The summed E-state index contributed by atoms with van der Waals surface area (Å²) in [6, 6.07) is 10.5. The lowest BCUT2D eigenvalue weighted by Crippen LogP contribution is -2.28. The molecule has 0 fully saturated rings. The largest absolute Gasteiger partial charge is 0.496 e. The van der Waals surface area contributed by atoms with Crippen molar-refractivity contribution in [2.75, 3.05) is 24.8 Å². The molecule has 1 aromatic carbocycles. The fourth-order valence-electron chi connectivity index (χ4n) is 1.77. The van der Waals surface area contributed by atoms with E-state index in [1.807, 2.05) is 6.07 Å². The van der Waals surface area contributed by atoms with Crippen molar-refractivity contribution < 1.29 is 9.53 Å². The Morgan fingerprint density at radius 2 is 2.05 bits per heavy atom. The molecule has 1 heterocycles. The molecule has 0 aliphatic carbocycles. The summed E-state index contributed by atoms with van der Waals surface area (Å²) in [6.07, 6.45) is 1.63. The van der Waals surface area contributed by atoms with Gasteiger partial charge in [0.2, 0.25) is 0 Å². The van der Waals surface area contributed by atoms with E-state index >= 15 is 0 Å². The Balaban J connectivity index is 2.40. The van der Waals surface area contributed by atoms with E-state index in [0.29, 0.717) is 22.8 Å². The van der Waals surface area contributed by atoms with Crippen LogP contribution in [0.4, 0.5) is 11.5 Å². The number of aromatic nitrogens is 1. The molecule has 2 rings (SSSR count). The van der Waals surface area contributed by atoms with Gasteiger partial charge in [-0.05, 0) is 24.3 Å². The molecule has 98 valence electrons. The molecule has 5 heteroatoms. The molecule has 1 amide bonds. The highest BCUT2D eigenvalue weighted by Gasteiger charge is 2.21. The van der Waals surface area contributed by atoms with Crippen LogP contribution in [0.2, 0.25) is 0 Å². The number of ether oxygens (including phenoxy) is 1. The first-order chi connectivity index (χ1) is 9.15. The predicted octanol–water partition coefficient (Wildman–Crippen LogP) is 1.95. The number of anilines is 2. The molecule has 0 atom stereocenters. The van der Waals surface area contributed by atoms with Gasteiger partial charge in [0.1, 0.15) is 17.1 Å². The van der Waals surface area contributed by atoms with Gasteiger partial charge in [-0.3, -0.25) is 9.69 Å². The van der Waals surface area contributed by atoms with Gasteiger partial charge in [0.25, 0.3) is 5.91 Å². The lowest BCUT2D eigenvalue weighted by Gasteiger charge is -2.18. The predicted molar refractivity (Wildman–Crippen MR) is 74.4 cm³/mol. The number of amides is 1. The number of carbonyl (C=O) groups is 1. The van der Waals surface area contributed by atoms with Crippen LogP contribution in [-0.2, 0) is 0 Å². The number of rotatable bonds is 3. The standard InChI is InChI=1S/C14H15N3O2/c1-17(12-8-3-4-9-16-12)14(18)13-10(15)6-5-7-11(13)19-2/h3-9H,15H2,1-2H3. The van der Waals surface area contributed by atoms with Crippen molar-refractivity contribution >= 4 is 17.4 Å². The Labute approximate surface area is 111 Å². The molecule has 0 aliphatic heterocycles. The summed E-state index contributed by atoms with van der Waals surface area (Å²) in [6.45, 7) is 0. The van der Waals surface area contributed by atoms with Gasteiger partial charge >= 0.3 is 0 Å². The first-order valence-electron chi connectivity index (χ1n) is 5.76. The van der Waals surface area contributed by atoms with Crippen molar-refractivity contribution in [3.05, 3.63) is 48.2 Å². The average Bonchev–Trinajstić information content (AvgIpc) is 2.46. The molecule has 2 aromatic rings. The van der Waals surface area contributed by atoms with Crippen LogP contribution in [0.5, 0.6) is 5.75 Å². The van der Waals surface area contributed by atoms with Crippen LogP contribution in [0.25, 0.3) is 0 Å². The van der Waals surface area contributed by atoms with Crippen LogP contribution in [0, 0.1) is 0 Å².